The van der Waals surface area contributed by atoms with E-state index in [0.29, 0.717) is 19.5 Å². The molecule has 2 heterocycles. The molecule has 1 aromatic heterocycles. The minimum absolute atomic E-state index is 0.0632. The molecule has 0 aromatic carbocycles. The van der Waals surface area contributed by atoms with Gasteiger partial charge in [-0.15, -0.1) is 11.6 Å². The number of nitrogens with one attached hydrogen (secondary N) is 1. The number of aromatic nitrogens is 2. The van der Waals surface area contributed by atoms with Gasteiger partial charge in [-0.1, -0.05) is 6.92 Å². The average Bonchev–Trinajstić information content (AvgIpc) is 2.75. The maximum absolute atomic E-state index is 12.1. The number of sulfonamides is 1. The van der Waals surface area contributed by atoms with Crippen LogP contribution in [-0.4, -0.2) is 41.2 Å². The molecule has 2 rings (SSSR count). The summed E-state index contributed by atoms with van der Waals surface area (Å²) in [7, 11) is -3.42. The molecule has 1 aliphatic rings. The van der Waals surface area contributed by atoms with Crippen molar-refractivity contribution in [3.63, 3.8) is 0 Å². The second-order valence-corrected chi connectivity index (χ2v) is 6.53. The molecule has 1 saturated heterocycles. The van der Waals surface area contributed by atoms with E-state index in [1.807, 2.05) is 6.92 Å². The van der Waals surface area contributed by atoms with Gasteiger partial charge in [-0.3, -0.25) is 0 Å². The van der Waals surface area contributed by atoms with Gasteiger partial charge in [0.2, 0.25) is 0 Å². The number of nitrogens with zero attached hydrogens (tertiary/aromatic N) is 2. The van der Waals surface area contributed by atoms with Crippen molar-refractivity contribution in [2.45, 2.75) is 23.7 Å². The summed E-state index contributed by atoms with van der Waals surface area (Å²) in [6.07, 6.45) is 3.38. The molecule has 0 amide bonds. The van der Waals surface area contributed by atoms with E-state index < -0.39 is 10.0 Å². The zero-order valence-corrected chi connectivity index (χ0v) is 10.5. The van der Waals surface area contributed by atoms with Gasteiger partial charge in [0.15, 0.2) is 5.03 Å². The van der Waals surface area contributed by atoms with Gasteiger partial charge < -0.3 is 4.98 Å². The van der Waals surface area contributed by atoms with E-state index in [2.05, 4.69) is 9.97 Å². The molecular formula is C9H14ClN3O2S. The zero-order chi connectivity index (χ0) is 11.8. The van der Waals surface area contributed by atoms with Crippen LogP contribution in [0.5, 0.6) is 0 Å². The number of imidazole rings is 1. The Kier molecular flexibility index (Phi) is 3.23. The number of halogens is 1. The quantitative estimate of drug-likeness (QED) is 0.811. The van der Waals surface area contributed by atoms with Crippen molar-refractivity contribution in [1.29, 1.82) is 0 Å². The standard InChI is InChI=1S/C9H14ClN3O2S/c1-7-5-13(3-2-8(7)10)16(14,15)9-4-11-6-12-9/h4,6-8H,2-3,5H2,1H3,(H,11,12). The van der Waals surface area contributed by atoms with E-state index in [1.165, 1.54) is 16.8 Å². The number of hydrogen-bond acceptors (Lipinski definition) is 3. The summed E-state index contributed by atoms with van der Waals surface area (Å²) in [6, 6.07) is 0. The van der Waals surface area contributed by atoms with Crippen LogP contribution in [0.4, 0.5) is 0 Å². The number of H-pyrrole nitrogens is 1. The molecule has 90 valence electrons. The second kappa shape index (κ2) is 4.35. The first-order valence-corrected chi connectivity index (χ1v) is 7.02. The molecule has 1 N–H and O–H groups in total. The molecule has 1 aliphatic heterocycles. The molecule has 2 unspecified atom stereocenters. The SMILES string of the molecule is CC1CN(S(=O)(=O)c2cnc[nH]2)CCC1Cl. The van der Waals surface area contributed by atoms with E-state index >= 15 is 0 Å². The lowest BCUT2D eigenvalue weighted by Gasteiger charge is -2.32. The van der Waals surface area contributed by atoms with Crippen LogP contribution in [-0.2, 0) is 10.0 Å². The van der Waals surface area contributed by atoms with Crippen molar-refractivity contribution in [3.05, 3.63) is 12.5 Å². The third-order valence-corrected chi connectivity index (χ3v) is 5.29. The molecule has 1 aromatic rings. The average molecular weight is 264 g/mol. The summed E-state index contributed by atoms with van der Waals surface area (Å²) in [6.45, 7) is 2.90. The van der Waals surface area contributed by atoms with Crippen LogP contribution >= 0.6 is 11.6 Å². The Balaban J connectivity index is 2.20. The van der Waals surface area contributed by atoms with Gasteiger partial charge >= 0.3 is 0 Å². The summed E-state index contributed by atoms with van der Waals surface area (Å²) in [4.78, 5) is 6.36. The molecule has 0 bridgehead atoms. The van der Waals surface area contributed by atoms with Gasteiger partial charge in [-0.2, -0.15) is 4.31 Å². The molecule has 0 aliphatic carbocycles. The number of alkyl halides is 1. The van der Waals surface area contributed by atoms with Gasteiger partial charge in [0.25, 0.3) is 10.0 Å². The van der Waals surface area contributed by atoms with Crippen molar-refractivity contribution in [2.24, 2.45) is 5.92 Å². The zero-order valence-electron chi connectivity index (χ0n) is 8.93. The van der Waals surface area contributed by atoms with Crippen LogP contribution in [0.1, 0.15) is 13.3 Å². The maximum Gasteiger partial charge on any atom is 0.260 e. The Morgan fingerprint density at radius 3 is 2.94 bits per heavy atom. The summed E-state index contributed by atoms with van der Waals surface area (Å²) >= 11 is 6.07. The molecule has 5 nitrogen and oxygen atoms in total. The van der Waals surface area contributed by atoms with Gasteiger partial charge in [0.05, 0.1) is 12.5 Å². The maximum atomic E-state index is 12.1. The predicted octanol–water partition coefficient (Wildman–Crippen LogP) is 1.05. The highest BCUT2D eigenvalue weighted by Crippen LogP contribution is 2.25. The first kappa shape index (κ1) is 11.9. The van der Waals surface area contributed by atoms with Crippen molar-refractivity contribution < 1.29 is 8.42 Å². The third-order valence-electron chi connectivity index (χ3n) is 2.85. The Hall–Kier alpha value is -0.590. The van der Waals surface area contributed by atoms with Crippen molar-refractivity contribution in [1.82, 2.24) is 14.3 Å². The van der Waals surface area contributed by atoms with Gasteiger partial charge in [0, 0.05) is 18.5 Å². The number of aromatic amines is 1. The highest BCUT2D eigenvalue weighted by molar-refractivity contribution is 7.89. The molecule has 16 heavy (non-hydrogen) atoms. The first-order chi connectivity index (χ1) is 7.51. The highest BCUT2D eigenvalue weighted by Gasteiger charge is 2.33. The van der Waals surface area contributed by atoms with Crippen molar-refractivity contribution in [3.8, 4) is 0 Å². The van der Waals surface area contributed by atoms with Crippen LogP contribution in [0, 0.1) is 5.92 Å². The second-order valence-electron chi connectivity index (χ2n) is 4.06. The number of hydrogen-bond donors (Lipinski definition) is 1. The van der Waals surface area contributed by atoms with E-state index in [0.717, 1.165) is 0 Å². The Bertz CT molecular complexity index is 445. The summed E-state index contributed by atoms with van der Waals surface area (Å²) in [5, 5.41) is 0.209. The lowest BCUT2D eigenvalue weighted by atomic mass is 10.0. The molecule has 0 spiro atoms. The topological polar surface area (TPSA) is 66.1 Å². The highest BCUT2D eigenvalue weighted by atomic mass is 35.5. The van der Waals surface area contributed by atoms with Crippen LogP contribution in [0.2, 0.25) is 0 Å². The van der Waals surface area contributed by atoms with E-state index in [1.54, 1.807) is 0 Å². The van der Waals surface area contributed by atoms with E-state index in [-0.39, 0.29) is 16.3 Å². The third kappa shape index (κ3) is 2.09. The minimum atomic E-state index is -3.42. The fourth-order valence-corrected chi connectivity index (χ4v) is 3.45. The van der Waals surface area contributed by atoms with E-state index in [4.69, 9.17) is 11.6 Å². The molecule has 7 heteroatoms. The normalized spacial score (nSPS) is 28.1. The molecule has 0 radical (unpaired) electrons. The lowest BCUT2D eigenvalue weighted by molar-refractivity contribution is 0.285. The monoisotopic (exact) mass is 263 g/mol. The number of rotatable bonds is 2. The Labute approximate surface area is 99.9 Å². The number of piperidine rings is 1. The largest absolute Gasteiger partial charge is 0.335 e. The molecule has 2 atom stereocenters. The molecular weight excluding hydrogens is 250 g/mol. The minimum Gasteiger partial charge on any atom is -0.335 e. The Morgan fingerprint density at radius 2 is 2.38 bits per heavy atom. The van der Waals surface area contributed by atoms with Crippen molar-refractivity contribution in [2.75, 3.05) is 13.1 Å². The fourth-order valence-electron chi connectivity index (χ4n) is 1.82. The Morgan fingerprint density at radius 1 is 1.62 bits per heavy atom. The summed E-state index contributed by atoms with van der Waals surface area (Å²) < 4.78 is 25.7. The van der Waals surface area contributed by atoms with Crippen LogP contribution < -0.4 is 0 Å². The summed E-state index contributed by atoms with van der Waals surface area (Å²) in [5.74, 6) is 0.174. The lowest BCUT2D eigenvalue weighted by Crippen LogP contribution is -2.43. The van der Waals surface area contributed by atoms with Crippen molar-refractivity contribution >= 4 is 21.6 Å². The van der Waals surface area contributed by atoms with Gasteiger partial charge in [0.1, 0.15) is 0 Å². The van der Waals surface area contributed by atoms with Crippen LogP contribution in [0.3, 0.4) is 0 Å². The van der Waals surface area contributed by atoms with Crippen LogP contribution in [0.15, 0.2) is 17.6 Å². The van der Waals surface area contributed by atoms with Gasteiger partial charge in [-0.25, -0.2) is 13.4 Å². The fraction of sp³-hybridized carbons (Fsp3) is 0.667. The van der Waals surface area contributed by atoms with E-state index in [9.17, 15) is 8.42 Å². The molecule has 1 fully saturated rings. The first-order valence-electron chi connectivity index (χ1n) is 5.14. The predicted molar refractivity (Wildman–Crippen MR) is 60.8 cm³/mol. The summed E-state index contributed by atoms with van der Waals surface area (Å²) in [5.41, 5.74) is 0. The van der Waals surface area contributed by atoms with Crippen LogP contribution in [0.25, 0.3) is 0 Å². The molecule has 0 saturated carbocycles. The smallest absolute Gasteiger partial charge is 0.260 e. The van der Waals surface area contributed by atoms with Gasteiger partial charge in [-0.05, 0) is 12.3 Å².